The summed E-state index contributed by atoms with van der Waals surface area (Å²) in [5.41, 5.74) is 6.58. The van der Waals surface area contributed by atoms with E-state index in [1.54, 1.807) is 18.2 Å². The Morgan fingerprint density at radius 3 is 2.44 bits per heavy atom. The quantitative estimate of drug-likeness (QED) is 0.262. The zero-order valence-electron chi connectivity index (χ0n) is 19.7. The van der Waals surface area contributed by atoms with Gasteiger partial charge in [-0.1, -0.05) is 36.4 Å². The third-order valence-electron chi connectivity index (χ3n) is 6.32. The Kier molecular flexibility index (Phi) is 5.86. The average molecular weight is 479 g/mol. The molecule has 1 heterocycles. The third kappa shape index (κ3) is 4.25. The normalized spacial score (nSPS) is 11.4. The maximum absolute atomic E-state index is 14.2. The highest BCUT2D eigenvalue weighted by atomic mass is 19.1. The summed E-state index contributed by atoms with van der Waals surface area (Å²) in [4.78, 5) is 16.0. The van der Waals surface area contributed by atoms with Crippen molar-refractivity contribution in [3.05, 3.63) is 113 Å². The number of nitrogens with zero attached hydrogens (tertiary/aromatic N) is 2. The molecule has 5 rings (SSSR count). The maximum atomic E-state index is 14.2. The van der Waals surface area contributed by atoms with Gasteiger partial charge < -0.3 is 10.2 Å². The Labute approximate surface area is 207 Å². The number of hydrogen-bond acceptors (Lipinski definition) is 3. The zero-order valence-corrected chi connectivity index (χ0v) is 19.7. The number of aromatic hydroxyl groups is 1. The van der Waals surface area contributed by atoms with Crippen LogP contribution in [0.4, 0.5) is 10.1 Å². The Bertz CT molecular complexity index is 1670. The average Bonchev–Trinajstić information content (AvgIpc) is 3.14. The van der Waals surface area contributed by atoms with Gasteiger partial charge in [-0.15, -0.1) is 0 Å². The molecular weight excluding hydrogens is 455 g/mol. The molecule has 5 aromatic rings. The van der Waals surface area contributed by atoms with Gasteiger partial charge in [-0.2, -0.15) is 0 Å². The summed E-state index contributed by atoms with van der Waals surface area (Å²) < 4.78 is 15.7. The van der Waals surface area contributed by atoms with Gasteiger partial charge >= 0.3 is 5.97 Å². The lowest BCUT2D eigenvalue weighted by Crippen LogP contribution is -1.99. The lowest BCUT2D eigenvalue weighted by Gasteiger charge is -2.08. The second-order valence-electron chi connectivity index (χ2n) is 8.70. The molecule has 6 heteroatoms. The number of carboxylic acid groups (broad SMARTS) is 1. The Morgan fingerprint density at radius 1 is 0.889 bits per heavy atom. The van der Waals surface area contributed by atoms with E-state index >= 15 is 0 Å². The van der Waals surface area contributed by atoms with Crippen molar-refractivity contribution in [1.82, 2.24) is 4.57 Å². The predicted molar refractivity (Wildman–Crippen MR) is 140 cm³/mol. The lowest BCUT2D eigenvalue weighted by molar-refractivity contribution is 0.0697. The van der Waals surface area contributed by atoms with Gasteiger partial charge in [-0.25, -0.2) is 9.18 Å². The number of halogens is 1. The first-order valence-corrected chi connectivity index (χ1v) is 11.4. The molecule has 36 heavy (non-hydrogen) atoms. The number of aryl methyl sites for hydroxylation is 2. The largest absolute Gasteiger partial charge is 0.494 e. The Morgan fingerprint density at radius 2 is 1.67 bits per heavy atom. The fourth-order valence-corrected chi connectivity index (χ4v) is 4.27. The number of aromatic carboxylic acids is 1. The van der Waals surface area contributed by atoms with Crippen molar-refractivity contribution in [3.8, 4) is 22.7 Å². The standard InChI is InChI=1S/C30H23FN2O3/c1-18-9-10-21(13-19(18)2)20-5-3-7-24(14-20)32-17-27-26-16-23(31)11-12-28(26)33(29(27)34)25-8-4-6-22(15-25)30(35)36/h3-17,34H,1-2H3,(H,35,36). The van der Waals surface area contributed by atoms with Crippen LogP contribution < -0.4 is 0 Å². The van der Waals surface area contributed by atoms with E-state index in [2.05, 4.69) is 37.0 Å². The predicted octanol–water partition coefficient (Wildman–Crippen LogP) is 7.21. The molecule has 0 saturated heterocycles. The topological polar surface area (TPSA) is 74.8 Å². The molecule has 0 fully saturated rings. The Hall–Kier alpha value is -4.71. The summed E-state index contributed by atoms with van der Waals surface area (Å²) in [7, 11) is 0. The van der Waals surface area contributed by atoms with Crippen molar-refractivity contribution in [1.29, 1.82) is 0 Å². The molecule has 178 valence electrons. The highest BCUT2D eigenvalue weighted by Crippen LogP contribution is 2.35. The summed E-state index contributed by atoms with van der Waals surface area (Å²) in [5.74, 6) is -1.69. The van der Waals surface area contributed by atoms with Crippen LogP contribution in [0.2, 0.25) is 0 Å². The molecule has 1 aromatic heterocycles. The second-order valence-corrected chi connectivity index (χ2v) is 8.70. The van der Waals surface area contributed by atoms with Crippen LogP contribution in [-0.2, 0) is 0 Å². The van der Waals surface area contributed by atoms with Crippen LogP contribution in [-0.4, -0.2) is 27.0 Å². The van der Waals surface area contributed by atoms with Crippen LogP contribution in [0.25, 0.3) is 27.7 Å². The van der Waals surface area contributed by atoms with Crippen molar-refractivity contribution in [2.75, 3.05) is 0 Å². The van der Waals surface area contributed by atoms with E-state index in [0.717, 1.165) is 11.1 Å². The first kappa shape index (κ1) is 23.1. The number of carbonyl (C=O) groups is 1. The monoisotopic (exact) mass is 478 g/mol. The van der Waals surface area contributed by atoms with Crippen molar-refractivity contribution >= 4 is 28.8 Å². The Balaban J connectivity index is 1.60. The highest BCUT2D eigenvalue weighted by Gasteiger charge is 2.18. The van der Waals surface area contributed by atoms with E-state index < -0.39 is 11.8 Å². The molecular formula is C30H23FN2O3. The molecule has 0 amide bonds. The van der Waals surface area contributed by atoms with E-state index in [-0.39, 0.29) is 11.4 Å². The number of aliphatic imine (C=N–C) groups is 1. The summed E-state index contributed by atoms with van der Waals surface area (Å²) in [5, 5.41) is 21.0. The molecule has 0 radical (unpaired) electrons. The van der Waals surface area contributed by atoms with Gasteiger partial charge in [-0.3, -0.25) is 9.56 Å². The molecule has 0 unspecified atom stereocenters. The SMILES string of the molecule is Cc1ccc(-c2cccc(N=Cc3c(O)n(-c4cccc(C(=O)O)c4)c4ccc(F)cc34)c2)cc1C. The number of aromatic nitrogens is 1. The number of fused-ring (bicyclic) bond motifs is 1. The molecule has 0 aliphatic heterocycles. The minimum absolute atomic E-state index is 0.0780. The number of hydrogen-bond donors (Lipinski definition) is 2. The molecule has 0 atom stereocenters. The summed E-state index contributed by atoms with van der Waals surface area (Å²) in [6, 6.07) is 24.4. The molecule has 0 saturated carbocycles. The van der Waals surface area contributed by atoms with E-state index in [1.165, 1.54) is 46.2 Å². The van der Waals surface area contributed by atoms with Crippen LogP contribution >= 0.6 is 0 Å². The number of carboxylic acids is 1. The minimum atomic E-state index is -1.08. The van der Waals surface area contributed by atoms with Gasteiger partial charge in [0, 0.05) is 17.3 Å². The number of rotatable bonds is 5. The maximum Gasteiger partial charge on any atom is 0.335 e. The fourth-order valence-electron chi connectivity index (χ4n) is 4.27. The minimum Gasteiger partial charge on any atom is -0.494 e. The van der Waals surface area contributed by atoms with Gasteiger partial charge in [0.25, 0.3) is 0 Å². The number of benzene rings is 4. The van der Waals surface area contributed by atoms with Crippen molar-refractivity contribution in [2.24, 2.45) is 4.99 Å². The molecule has 4 aromatic carbocycles. The first-order chi connectivity index (χ1) is 17.3. The summed E-state index contributed by atoms with van der Waals surface area (Å²) in [6.07, 6.45) is 1.51. The van der Waals surface area contributed by atoms with Crippen LogP contribution in [0.1, 0.15) is 27.0 Å². The van der Waals surface area contributed by atoms with Crippen molar-refractivity contribution < 1.29 is 19.4 Å². The van der Waals surface area contributed by atoms with Gasteiger partial charge in [0.05, 0.1) is 22.3 Å². The van der Waals surface area contributed by atoms with E-state index in [1.807, 2.05) is 24.3 Å². The molecule has 0 bridgehead atoms. The fraction of sp³-hybridized carbons (Fsp3) is 0.0667. The summed E-state index contributed by atoms with van der Waals surface area (Å²) >= 11 is 0. The van der Waals surface area contributed by atoms with Gasteiger partial charge in [0.2, 0.25) is 5.88 Å². The molecule has 5 nitrogen and oxygen atoms in total. The van der Waals surface area contributed by atoms with Gasteiger partial charge in [-0.05, 0) is 84.6 Å². The van der Waals surface area contributed by atoms with Crippen molar-refractivity contribution in [3.63, 3.8) is 0 Å². The van der Waals surface area contributed by atoms with Crippen LogP contribution in [0.3, 0.4) is 0 Å². The third-order valence-corrected chi connectivity index (χ3v) is 6.32. The van der Waals surface area contributed by atoms with E-state index in [4.69, 9.17) is 0 Å². The zero-order chi connectivity index (χ0) is 25.4. The lowest BCUT2D eigenvalue weighted by atomic mass is 10.0. The molecule has 2 N–H and O–H groups in total. The molecule has 0 spiro atoms. The van der Waals surface area contributed by atoms with Gasteiger partial charge in [0.1, 0.15) is 5.82 Å². The smallest absolute Gasteiger partial charge is 0.335 e. The van der Waals surface area contributed by atoms with E-state index in [0.29, 0.717) is 27.8 Å². The summed E-state index contributed by atoms with van der Waals surface area (Å²) in [6.45, 7) is 4.15. The van der Waals surface area contributed by atoms with Crippen LogP contribution in [0, 0.1) is 19.7 Å². The molecule has 0 aliphatic rings. The van der Waals surface area contributed by atoms with Crippen molar-refractivity contribution in [2.45, 2.75) is 13.8 Å². The van der Waals surface area contributed by atoms with Gasteiger partial charge in [0.15, 0.2) is 0 Å². The highest BCUT2D eigenvalue weighted by molar-refractivity contribution is 6.04. The van der Waals surface area contributed by atoms with E-state index in [9.17, 15) is 19.4 Å². The van der Waals surface area contributed by atoms with Crippen LogP contribution in [0.5, 0.6) is 5.88 Å². The molecule has 0 aliphatic carbocycles. The first-order valence-electron chi connectivity index (χ1n) is 11.4. The van der Waals surface area contributed by atoms with Crippen LogP contribution in [0.15, 0.2) is 89.9 Å². The second kappa shape index (κ2) is 9.15.